The van der Waals surface area contributed by atoms with Gasteiger partial charge in [-0.25, -0.2) is 0 Å². The standard InChI is InChI=1S/C43H48F6O6/c1-39(2,36(50)53-20-33(42(44,45)46)43(47,48)49)21-41(5,38(52)55-32-19-29-18-31(32)35-27-11-10-26(16-27)34(29)35)22-40(3,4)37(51)54-30-13-12-25-14-23-8-6-7-9-24(23)15-28(25)17-30/h6-9,12-15,17,26-27,29,31-35H,10-11,16,18-22H2,1-5H3. The van der Waals surface area contributed by atoms with E-state index in [-0.39, 0.29) is 30.6 Å². The Morgan fingerprint density at radius 3 is 1.84 bits per heavy atom. The fourth-order valence-electron chi connectivity index (χ4n) is 11.2. The monoisotopic (exact) mass is 774 g/mol. The highest BCUT2D eigenvalue weighted by molar-refractivity contribution is 5.99. The second kappa shape index (κ2) is 13.7. The minimum absolute atomic E-state index is 0.197. The lowest BCUT2D eigenvalue weighted by Crippen LogP contribution is -2.47. The molecule has 0 aromatic heterocycles. The fraction of sp³-hybridized carbons (Fsp3) is 0.605. The van der Waals surface area contributed by atoms with Crippen LogP contribution in [0.1, 0.15) is 79.6 Å². The van der Waals surface area contributed by atoms with Gasteiger partial charge >= 0.3 is 30.3 Å². The number of fused-ring (bicyclic) bond motifs is 11. The van der Waals surface area contributed by atoms with E-state index in [1.54, 1.807) is 26.0 Å². The van der Waals surface area contributed by atoms with Crippen LogP contribution >= 0.6 is 0 Å². The molecule has 0 spiro atoms. The maximum atomic E-state index is 14.5. The number of carbonyl (C=O) groups is 3. The van der Waals surface area contributed by atoms with E-state index in [2.05, 4.69) is 0 Å². The molecule has 3 aromatic carbocycles. The quantitative estimate of drug-likeness (QED) is 0.0635. The van der Waals surface area contributed by atoms with E-state index in [0.717, 1.165) is 40.3 Å². The summed E-state index contributed by atoms with van der Waals surface area (Å²) < 4.78 is 96.5. The van der Waals surface area contributed by atoms with Crippen molar-refractivity contribution in [3.63, 3.8) is 0 Å². The summed E-state index contributed by atoms with van der Waals surface area (Å²) in [4.78, 5) is 41.7. The van der Waals surface area contributed by atoms with Crippen LogP contribution in [0.15, 0.2) is 54.6 Å². The van der Waals surface area contributed by atoms with Gasteiger partial charge in [0, 0.05) is 0 Å². The van der Waals surface area contributed by atoms with Crippen molar-refractivity contribution in [3.05, 3.63) is 54.6 Å². The van der Waals surface area contributed by atoms with Gasteiger partial charge in [-0.1, -0.05) is 30.3 Å². The van der Waals surface area contributed by atoms with E-state index < -0.39 is 59.0 Å². The lowest BCUT2D eigenvalue weighted by molar-refractivity contribution is -0.293. The highest BCUT2D eigenvalue weighted by Crippen LogP contribution is 2.68. The Kier molecular flexibility index (Phi) is 9.80. The lowest BCUT2D eigenvalue weighted by atomic mass is 9.66. The molecule has 6 nitrogen and oxygen atoms in total. The number of benzene rings is 3. The van der Waals surface area contributed by atoms with E-state index in [1.165, 1.54) is 40.0 Å². The van der Waals surface area contributed by atoms with Crippen LogP contribution in [-0.4, -0.2) is 43.0 Å². The molecule has 12 heteroatoms. The van der Waals surface area contributed by atoms with Crippen molar-refractivity contribution in [3.8, 4) is 5.75 Å². The molecule has 8 unspecified atom stereocenters. The third-order valence-electron chi connectivity index (χ3n) is 13.3. The fourth-order valence-corrected chi connectivity index (χ4v) is 11.2. The number of esters is 3. The molecule has 0 heterocycles. The molecule has 4 aliphatic rings. The van der Waals surface area contributed by atoms with Crippen molar-refractivity contribution in [1.29, 1.82) is 0 Å². The molecule has 7 rings (SSSR count). The molecule has 0 saturated heterocycles. The zero-order chi connectivity index (χ0) is 39.9. The van der Waals surface area contributed by atoms with Gasteiger partial charge in [-0.3, -0.25) is 14.4 Å². The minimum atomic E-state index is -5.69. The number of hydrogen-bond acceptors (Lipinski definition) is 6. The maximum Gasteiger partial charge on any atom is 0.403 e. The third kappa shape index (κ3) is 7.55. The van der Waals surface area contributed by atoms with Crippen LogP contribution in [0.25, 0.3) is 21.5 Å². The first-order valence-corrected chi connectivity index (χ1v) is 19.2. The number of carbonyl (C=O) groups excluding carboxylic acids is 3. The summed E-state index contributed by atoms with van der Waals surface area (Å²) in [5, 5.41) is 3.85. The molecule has 0 aliphatic heterocycles. The van der Waals surface area contributed by atoms with E-state index in [4.69, 9.17) is 14.2 Å². The normalized spacial score (nSPS) is 27.4. The molecule has 0 amide bonds. The first-order valence-electron chi connectivity index (χ1n) is 19.2. The van der Waals surface area contributed by atoms with Crippen molar-refractivity contribution < 1.29 is 54.9 Å². The number of alkyl halides is 6. The van der Waals surface area contributed by atoms with Crippen molar-refractivity contribution in [2.75, 3.05) is 6.61 Å². The molecule has 4 bridgehead atoms. The van der Waals surface area contributed by atoms with Gasteiger partial charge in [0.1, 0.15) is 18.5 Å². The molecule has 8 atom stereocenters. The molecule has 0 radical (unpaired) electrons. The molecule has 55 heavy (non-hydrogen) atoms. The maximum absolute atomic E-state index is 14.5. The summed E-state index contributed by atoms with van der Waals surface area (Å²) in [6.07, 6.45) is -6.97. The first-order chi connectivity index (χ1) is 25.6. The van der Waals surface area contributed by atoms with E-state index >= 15 is 0 Å². The van der Waals surface area contributed by atoms with Crippen LogP contribution in [0.4, 0.5) is 26.3 Å². The van der Waals surface area contributed by atoms with Crippen molar-refractivity contribution in [1.82, 2.24) is 0 Å². The smallest absolute Gasteiger partial charge is 0.403 e. The largest absolute Gasteiger partial charge is 0.464 e. The Balaban J connectivity index is 1.11. The Morgan fingerprint density at radius 1 is 0.655 bits per heavy atom. The van der Waals surface area contributed by atoms with Gasteiger partial charge in [-0.05, 0) is 161 Å². The van der Waals surface area contributed by atoms with Gasteiger partial charge in [-0.2, -0.15) is 26.3 Å². The zero-order valence-corrected chi connectivity index (χ0v) is 31.7. The zero-order valence-electron chi connectivity index (χ0n) is 31.7. The van der Waals surface area contributed by atoms with Crippen molar-refractivity contribution in [2.24, 2.45) is 57.7 Å². The van der Waals surface area contributed by atoms with E-state index in [0.29, 0.717) is 23.7 Å². The van der Waals surface area contributed by atoms with Gasteiger partial charge in [0.05, 0.1) is 16.2 Å². The number of rotatable bonds is 11. The summed E-state index contributed by atoms with van der Waals surface area (Å²) in [6.45, 7) is 5.37. The highest BCUT2D eigenvalue weighted by Gasteiger charge is 2.64. The number of halogens is 6. The van der Waals surface area contributed by atoms with E-state index in [9.17, 15) is 40.7 Å². The molecule has 4 aliphatic carbocycles. The molecule has 0 N–H and O–H groups in total. The minimum Gasteiger partial charge on any atom is -0.464 e. The first kappa shape index (κ1) is 39.4. The molecular weight excluding hydrogens is 726 g/mol. The van der Waals surface area contributed by atoms with Crippen LogP contribution in [0.2, 0.25) is 0 Å². The van der Waals surface area contributed by atoms with Crippen LogP contribution in [0.3, 0.4) is 0 Å². The van der Waals surface area contributed by atoms with Crippen molar-refractivity contribution >= 4 is 39.5 Å². The average molecular weight is 775 g/mol. The average Bonchev–Trinajstić information content (AvgIpc) is 3.87. The molecule has 3 aromatic rings. The number of ether oxygens (including phenoxy) is 3. The molecule has 4 fully saturated rings. The lowest BCUT2D eigenvalue weighted by Gasteiger charge is -2.42. The molecular formula is C43H48F6O6. The van der Waals surface area contributed by atoms with Gasteiger partial charge in [-0.15, -0.1) is 0 Å². The van der Waals surface area contributed by atoms with Gasteiger partial charge in [0.2, 0.25) is 0 Å². The second-order valence-electron chi connectivity index (χ2n) is 18.3. The summed E-state index contributed by atoms with van der Waals surface area (Å²) in [7, 11) is 0. The summed E-state index contributed by atoms with van der Waals surface area (Å²) >= 11 is 0. The predicted molar refractivity (Wildman–Crippen MR) is 192 cm³/mol. The second-order valence-corrected chi connectivity index (χ2v) is 18.3. The Morgan fingerprint density at radius 2 is 1.22 bits per heavy atom. The summed E-state index contributed by atoms with van der Waals surface area (Å²) in [5.74, 6) is -3.11. The number of hydrogen-bond donors (Lipinski definition) is 0. The Hall–Kier alpha value is -3.83. The van der Waals surface area contributed by atoms with Crippen LogP contribution in [-0.2, 0) is 23.9 Å². The topological polar surface area (TPSA) is 78.9 Å². The molecule has 4 saturated carbocycles. The summed E-state index contributed by atoms with van der Waals surface area (Å²) in [5.41, 5.74) is -4.72. The SMILES string of the molecule is CC(C)(CC(C)(CC(C)(C)C(=O)Oc1ccc2cc3ccccc3cc2c1)C(=O)OC1CC2CC1C1C3CCC(C3)C21)C(=O)OCC(C(F)(F)F)C(F)(F)F. The van der Waals surface area contributed by atoms with E-state index in [1.807, 2.05) is 42.5 Å². The van der Waals surface area contributed by atoms with Crippen molar-refractivity contribution in [2.45, 2.75) is 98.0 Å². The van der Waals surface area contributed by atoms with Gasteiger partial charge < -0.3 is 14.2 Å². The van der Waals surface area contributed by atoms with Crippen LogP contribution in [0, 0.1) is 57.7 Å². The Bertz CT molecular complexity index is 1970. The molecule has 298 valence electrons. The Labute approximate surface area is 316 Å². The summed E-state index contributed by atoms with van der Waals surface area (Å²) in [6, 6.07) is 17.1. The van der Waals surface area contributed by atoms with Crippen LogP contribution in [0.5, 0.6) is 5.75 Å². The highest BCUT2D eigenvalue weighted by atomic mass is 19.4. The van der Waals surface area contributed by atoms with Crippen LogP contribution < -0.4 is 4.74 Å². The predicted octanol–water partition coefficient (Wildman–Crippen LogP) is 10.6. The van der Waals surface area contributed by atoms with Gasteiger partial charge in [0.15, 0.2) is 5.92 Å². The third-order valence-corrected chi connectivity index (χ3v) is 13.3. The van der Waals surface area contributed by atoms with Gasteiger partial charge in [0.25, 0.3) is 0 Å².